The average molecular weight is 332 g/mol. The molecule has 1 aliphatic carbocycles. The third-order valence-electron chi connectivity index (χ3n) is 4.07. The highest BCUT2D eigenvalue weighted by atomic mass is 35.5. The first-order valence-electron chi connectivity index (χ1n) is 7.44. The molecular weight excluding hydrogens is 314 g/mol. The molecule has 2 aromatic rings. The number of nitrogens with zero attached hydrogens (tertiary/aromatic N) is 1. The Kier molecular flexibility index (Phi) is 4.60. The van der Waals surface area contributed by atoms with Crippen molar-refractivity contribution in [2.45, 2.75) is 31.2 Å². The molecule has 1 aromatic heterocycles. The monoisotopic (exact) mass is 331 g/mol. The molecule has 0 atom stereocenters. The van der Waals surface area contributed by atoms with Crippen LogP contribution in [0.4, 0.5) is 5.69 Å². The molecule has 0 saturated heterocycles. The van der Waals surface area contributed by atoms with E-state index in [1.165, 1.54) is 12.8 Å². The van der Waals surface area contributed by atoms with Crippen molar-refractivity contribution in [3.63, 3.8) is 0 Å². The number of aromatic nitrogens is 1. The smallest absolute Gasteiger partial charge is 0.171 e. The molecule has 0 spiro atoms. The van der Waals surface area contributed by atoms with E-state index in [1.807, 2.05) is 42.6 Å². The fourth-order valence-corrected chi connectivity index (χ4v) is 3.42. The van der Waals surface area contributed by atoms with Crippen molar-refractivity contribution in [3.8, 4) is 0 Å². The Morgan fingerprint density at radius 2 is 1.82 bits per heavy atom. The van der Waals surface area contributed by atoms with Crippen LogP contribution >= 0.6 is 23.8 Å². The first-order valence-corrected chi connectivity index (χ1v) is 8.23. The second-order valence-electron chi connectivity index (χ2n) is 5.59. The van der Waals surface area contributed by atoms with Crippen molar-refractivity contribution >= 4 is 34.6 Å². The summed E-state index contributed by atoms with van der Waals surface area (Å²) >= 11 is 11.4. The third-order valence-corrected chi connectivity index (χ3v) is 4.52. The second kappa shape index (κ2) is 6.63. The molecule has 0 bridgehead atoms. The normalized spacial score (nSPS) is 16.2. The van der Waals surface area contributed by atoms with Gasteiger partial charge in [-0.15, -0.1) is 0 Å². The highest BCUT2D eigenvalue weighted by Crippen LogP contribution is 2.37. The highest BCUT2D eigenvalue weighted by molar-refractivity contribution is 7.80. The third kappa shape index (κ3) is 3.39. The van der Waals surface area contributed by atoms with Gasteiger partial charge in [0.2, 0.25) is 0 Å². The average Bonchev–Trinajstić information content (AvgIpc) is 3.00. The predicted octanol–water partition coefficient (Wildman–Crippen LogP) is 4.49. The Bertz CT molecular complexity index is 637. The molecule has 0 unspecified atom stereocenters. The number of anilines is 1. The molecule has 1 aliphatic rings. The molecule has 114 valence electrons. The van der Waals surface area contributed by atoms with Gasteiger partial charge in [0, 0.05) is 16.9 Å². The van der Waals surface area contributed by atoms with Gasteiger partial charge in [0.05, 0.1) is 11.2 Å². The lowest BCUT2D eigenvalue weighted by Crippen LogP contribution is -2.46. The predicted molar refractivity (Wildman–Crippen MR) is 95.2 cm³/mol. The molecule has 1 fully saturated rings. The van der Waals surface area contributed by atoms with Gasteiger partial charge in [0.15, 0.2) is 5.11 Å². The van der Waals surface area contributed by atoms with Crippen molar-refractivity contribution in [1.29, 1.82) is 0 Å². The van der Waals surface area contributed by atoms with Crippen LogP contribution in [0.15, 0.2) is 48.7 Å². The van der Waals surface area contributed by atoms with Crippen LogP contribution in [0, 0.1) is 0 Å². The lowest BCUT2D eigenvalue weighted by atomic mass is 9.93. The molecule has 1 heterocycles. The van der Waals surface area contributed by atoms with Crippen molar-refractivity contribution in [2.75, 3.05) is 5.32 Å². The SMILES string of the molecule is S=C(Nc1ccc(Cl)cc1)NC1(c2ccccn2)CCCC1. The van der Waals surface area contributed by atoms with Crippen molar-refractivity contribution < 1.29 is 0 Å². The minimum atomic E-state index is -0.155. The van der Waals surface area contributed by atoms with Crippen molar-refractivity contribution in [2.24, 2.45) is 0 Å². The summed E-state index contributed by atoms with van der Waals surface area (Å²) in [6.45, 7) is 0. The second-order valence-corrected chi connectivity index (χ2v) is 6.43. The topological polar surface area (TPSA) is 37.0 Å². The van der Waals surface area contributed by atoms with Gasteiger partial charge in [-0.3, -0.25) is 4.98 Å². The minimum Gasteiger partial charge on any atom is -0.351 e. The van der Waals surface area contributed by atoms with Crippen LogP contribution < -0.4 is 10.6 Å². The fourth-order valence-electron chi connectivity index (χ4n) is 2.98. The fraction of sp³-hybridized carbons (Fsp3) is 0.294. The van der Waals surface area contributed by atoms with E-state index in [0.717, 1.165) is 24.2 Å². The summed E-state index contributed by atoms with van der Waals surface area (Å²) in [5.74, 6) is 0. The van der Waals surface area contributed by atoms with Crippen LogP contribution in [-0.4, -0.2) is 10.1 Å². The number of benzene rings is 1. The zero-order valence-electron chi connectivity index (χ0n) is 12.2. The highest BCUT2D eigenvalue weighted by Gasteiger charge is 2.37. The van der Waals surface area contributed by atoms with Gasteiger partial charge in [-0.2, -0.15) is 0 Å². The lowest BCUT2D eigenvalue weighted by molar-refractivity contribution is 0.396. The maximum atomic E-state index is 5.90. The number of pyridine rings is 1. The van der Waals surface area contributed by atoms with E-state index < -0.39 is 0 Å². The zero-order chi connectivity index (χ0) is 15.4. The molecule has 5 heteroatoms. The molecule has 3 nitrogen and oxygen atoms in total. The summed E-state index contributed by atoms with van der Waals surface area (Å²) in [5.41, 5.74) is 1.83. The summed E-state index contributed by atoms with van der Waals surface area (Å²) in [5, 5.41) is 8.05. The van der Waals surface area contributed by atoms with Crippen LogP contribution in [0.3, 0.4) is 0 Å². The molecule has 1 aromatic carbocycles. The van der Waals surface area contributed by atoms with Gasteiger partial charge in [0.1, 0.15) is 0 Å². The molecule has 22 heavy (non-hydrogen) atoms. The number of hydrogen-bond acceptors (Lipinski definition) is 2. The maximum absolute atomic E-state index is 5.90. The first-order chi connectivity index (χ1) is 10.7. The summed E-state index contributed by atoms with van der Waals surface area (Å²) in [6, 6.07) is 13.6. The van der Waals surface area contributed by atoms with E-state index in [9.17, 15) is 0 Å². The Labute approximate surface area is 141 Å². The number of hydrogen-bond donors (Lipinski definition) is 2. The summed E-state index contributed by atoms with van der Waals surface area (Å²) < 4.78 is 0. The molecule has 0 radical (unpaired) electrons. The van der Waals surface area contributed by atoms with Gasteiger partial charge >= 0.3 is 0 Å². The molecule has 0 amide bonds. The summed E-state index contributed by atoms with van der Waals surface area (Å²) in [6.07, 6.45) is 6.31. The number of rotatable bonds is 3. The van der Waals surface area contributed by atoms with E-state index >= 15 is 0 Å². The van der Waals surface area contributed by atoms with Crippen molar-refractivity contribution in [3.05, 3.63) is 59.4 Å². The zero-order valence-corrected chi connectivity index (χ0v) is 13.8. The van der Waals surface area contributed by atoms with Gasteiger partial charge in [-0.1, -0.05) is 30.5 Å². The van der Waals surface area contributed by atoms with Crippen LogP contribution in [0.5, 0.6) is 0 Å². The van der Waals surface area contributed by atoms with E-state index in [0.29, 0.717) is 10.1 Å². The minimum absolute atomic E-state index is 0.155. The molecule has 1 saturated carbocycles. The van der Waals surface area contributed by atoms with Crippen molar-refractivity contribution in [1.82, 2.24) is 10.3 Å². The number of halogens is 1. The summed E-state index contributed by atoms with van der Waals surface area (Å²) in [7, 11) is 0. The van der Waals surface area contributed by atoms with Crippen LogP contribution in [-0.2, 0) is 5.54 Å². The van der Waals surface area contributed by atoms with Crippen LogP contribution in [0.1, 0.15) is 31.4 Å². The Morgan fingerprint density at radius 1 is 1.09 bits per heavy atom. The quantitative estimate of drug-likeness (QED) is 0.812. The van der Waals surface area contributed by atoms with Gasteiger partial charge in [-0.05, 0) is 61.5 Å². The maximum Gasteiger partial charge on any atom is 0.171 e. The van der Waals surface area contributed by atoms with E-state index in [1.54, 1.807) is 0 Å². The number of nitrogens with one attached hydrogen (secondary N) is 2. The molecular formula is C17H18ClN3S. The van der Waals surface area contributed by atoms with Gasteiger partial charge in [-0.25, -0.2) is 0 Å². The van der Waals surface area contributed by atoms with Crippen LogP contribution in [0.25, 0.3) is 0 Å². The molecule has 2 N–H and O–H groups in total. The first kappa shape index (κ1) is 15.3. The van der Waals surface area contributed by atoms with Gasteiger partial charge in [0.25, 0.3) is 0 Å². The lowest BCUT2D eigenvalue weighted by Gasteiger charge is -2.31. The van der Waals surface area contributed by atoms with Crippen LogP contribution in [0.2, 0.25) is 5.02 Å². The standard InChI is InChI=1S/C17H18ClN3S/c18-13-6-8-14(9-7-13)20-16(22)21-17(10-2-3-11-17)15-5-1-4-12-19-15/h1,4-9,12H,2-3,10-11H2,(H2,20,21,22). The molecule has 0 aliphatic heterocycles. The van der Waals surface area contributed by atoms with Gasteiger partial charge < -0.3 is 10.6 Å². The van der Waals surface area contributed by atoms with E-state index in [-0.39, 0.29) is 5.54 Å². The Balaban J connectivity index is 1.74. The van der Waals surface area contributed by atoms with E-state index in [4.69, 9.17) is 23.8 Å². The summed E-state index contributed by atoms with van der Waals surface area (Å²) in [4.78, 5) is 4.54. The Morgan fingerprint density at radius 3 is 2.45 bits per heavy atom. The van der Waals surface area contributed by atoms with E-state index in [2.05, 4.69) is 21.7 Å². The Hall–Kier alpha value is -1.65. The molecule has 3 rings (SSSR count). The number of thiocarbonyl (C=S) groups is 1. The largest absolute Gasteiger partial charge is 0.351 e.